The van der Waals surface area contributed by atoms with Gasteiger partial charge in [0.05, 0.1) is 11.4 Å². The van der Waals surface area contributed by atoms with Crippen molar-refractivity contribution in [2.45, 2.75) is 46.5 Å². The Bertz CT molecular complexity index is 1090. The van der Waals surface area contributed by atoms with E-state index in [1.807, 2.05) is 47.9 Å². The molecule has 0 bridgehead atoms. The zero-order chi connectivity index (χ0) is 23.4. The summed E-state index contributed by atoms with van der Waals surface area (Å²) in [7, 11) is 3.93. The monoisotopic (exact) mass is 448 g/mol. The molecular weight excluding hydrogens is 416 g/mol. The van der Waals surface area contributed by atoms with Gasteiger partial charge in [-0.2, -0.15) is 10.2 Å². The first-order valence-electron chi connectivity index (χ1n) is 11.1. The molecule has 0 saturated heterocycles. The average molecular weight is 449 g/mol. The predicted molar refractivity (Wildman–Crippen MR) is 135 cm³/mol. The van der Waals surface area contributed by atoms with Gasteiger partial charge in [0.15, 0.2) is 0 Å². The molecule has 4 aromatic rings. The molecule has 0 fully saturated rings. The minimum atomic E-state index is 0.474. The molecule has 0 aliphatic heterocycles. The summed E-state index contributed by atoms with van der Waals surface area (Å²) >= 11 is 6.06. The van der Waals surface area contributed by atoms with Crippen molar-refractivity contribution in [3.63, 3.8) is 0 Å². The SMILES string of the molecule is CC(C)c1ccc(Cl)cc1-c1ccnn1C.Cc1ccc(C(C)C)c(-c2ccnn2C)c1. The molecule has 0 N–H and O–H groups in total. The maximum atomic E-state index is 6.06. The number of hydrogen-bond acceptors (Lipinski definition) is 2. The quantitative estimate of drug-likeness (QED) is 0.326. The van der Waals surface area contributed by atoms with Gasteiger partial charge in [0.25, 0.3) is 0 Å². The summed E-state index contributed by atoms with van der Waals surface area (Å²) in [5.74, 6) is 1.01. The summed E-state index contributed by atoms with van der Waals surface area (Å²) in [5.41, 5.74) is 8.74. The van der Waals surface area contributed by atoms with E-state index >= 15 is 0 Å². The number of aromatic nitrogens is 4. The van der Waals surface area contributed by atoms with Crippen LogP contribution in [-0.2, 0) is 14.1 Å². The average Bonchev–Trinajstić information content (AvgIpc) is 3.35. The molecule has 4 rings (SSSR count). The molecule has 0 saturated carbocycles. The molecule has 0 spiro atoms. The number of halogens is 1. The fourth-order valence-corrected chi connectivity index (χ4v) is 4.10. The Labute approximate surface area is 196 Å². The Hall–Kier alpha value is -2.85. The molecule has 0 aliphatic carbocycles. The maximum absolute atomic E-state index is 6.06. The summed E-state index contributed by atoms with van der Waals surface area (Å²) in [5, 5.41) is 9.20. The minimum Gasteiger partial charge on any atom is -0.268 e. The third-order valence-electron chi connectivity index (χ3n) is 5.66. The Kier molecular flexibility index (Phi) is 7.57. The highest BCUT2D eigenvalue weighted by atomic mass is 35.5. The van der Waals surface area contributed by atoms with Gasteiger partial charge in [0, 0.05) is 42.6 Å². The van der Waals surface area contributed by atoms with Gasteiger partial charge in [-0.25, -0.2) is 0 Å². The van der Waals surface area contributed by atoms with E-state index in [4.69, 9.17) is 11.6 Å². The van der Waals surface area contributed by atoms with E-state index < -0.39 is 0 Å². The second-order valence-electron chi connectivity index (χ2n) is 8.81. The highest BCUT2D eigenvalue weighted by molar-refractivity contribution is 6.30. The van der Waals surface area contributed by atoms with Crippen LogP contribution in [0.3, 0.4) is 0 Å². The summed E-state index contributed by atoms with van der Waals surface area (Å²) < 4.78 is 3.80. The Balaban J connectivity index is 0.000000181. The molecule has 2 heterocycles. The highest BCUT2D eigenvalue weighted by Gasteiger charge is 2.12. The van der Waals surface area contributed by atoms with Crippen LogP contribution in [0.5, 0.6) is 0 Å². The molecule has 0 amide bonds. The van der Waals surface area contributed by atoms with Gasteiger partial charge in [0.2, 0.25) is 0 Å². The van der Waals surface area contributed by atoms with Crippen LogP contribution in [0.1, 0.15) is 56.2 Å². The molecule has 0 unspecified atom stereocenters. The van der Waals surface area contributed by atoms with Crippen LogP contribution >= 0.6 is 11.6 Å². The molecule has 5 heteroatoms. The van der Waals surface area contributed by atoms with E-state index in [1.165, 1.54) is 33.5 Å². The molecule has 0 atom stereocenters. The van der Waals surface area contributed by atoms with E-state index in [0.29, 0.717) is 11.8 Å². The summed E-state index contributed by atoms with van der Waals surface area (Å²) in [6.45, 7) is 10.9. The first-order chi connectivity index (χ1) is 15.2. The number of hydrogen-bond donors (Lipinski definition) is 0. The number of rotatable bonds is 4. The van der Waals surface area contributed by atoms with Gasteiger partial charge >= 0.3 is 0 Å². The largest absolute Gasteiger partial charge is 0.268 e. The van der Waals surface area contributed by atoms with E-state index in [1.54, 1.807) is 6.20 Å². The van der Waals surface area contributed by atoms with Crippen LogP contribution in [-0.4, -0.2) is 19.6 Å². The zero-order valence-electron chi connectivity index (χ0n) is 20.1. The summed E-state index contributed by atoms with van der Waals surface area (Å²) in [6, 6.07) is 16.8. The van der Waals surface area contributed by atoms with Crippen molar-refractivity contribution in [1.82, 2.24) is 19.6 Å². The minimum absolute atomic E-state index is 0.474. The lowest BCUT2D eigenvalue weighted by molar-refractivity contribution is 0.772. The highest BCUT2D eigenvalue weighted by Crippen LogP contribution is 2.31. The number of nitrogens with zero attached hydrogens (tertiary/aromatic N) is 4. The van der Waals surface area contributed by atoms with Gasteiger partial charge in [-0.15, -0.1) is 0 Å². The van der Waals surface area contributed by atoms with Crippen LogP contribution in [0.25, 0.3) is 22.5 Å². The predicted octanol–water partition coefficient (Wildman–Crippen LogP) is 7.38. The standard InChI is InChI=1S/C14H18N2.C13H15ClN2/c1-10(2)12-6-5-11(3)9-13(12)14-7-8-15-16(14)4;1-9(2)11-5-4-10(14)8-12(11)13-6-7-15-16(13)3/h5-10H,1-4H3;4-9H,1-3H3. The number of aryl methyl sites for hydroxylation is 3. The van der Waals surface area contributed by atoms with Crippen molar-refractivity contribution in [2.24, 2.45) is 14.1 Å². The van der Waals surface area contributed by atoms with E-state index in [9.17, 15) is 0 Å². The van der Waals surface area contributed by atoms with Crippen LogP contribution in [0.4, 0.5) is 0 Å². The topological polar surface area (TPSA) is 35.6 Å². The van der Waals surface area contributed by atoms with Gasteiger partial charge < -0.3 is 0 Å². The summed E-state index contributed by atoms with van der Waals surface area (Å²) in [6.07, 6.45) is 3.65. The van der Waals surface area contributed by atoms with Gasteiger partial charge in [0.1, 0.15) is 0 Å². The second-order valence-corrected chi connectivity index (χ2v) is 9.25. The Morgan fingerprint density at radius 2 is 1.16 bits per heavy atom. The zero-order valence-corrected chi connectivity index (χ0v) is 20.9. The molecule has 0 radical (unpaired) electrons. The number of benzene rings is 2. The summed E-state index contributed by atoms with van der Waals surface area (Å²) in [4.78, 5) is 0. The van der Waals surface area contributed by atoms with E-state index in [2.05, 4.69) is 75.1 Å². The third-order valence-corrected chi connectivity index (χ3v) is 5.90. The molecule has 32 heavy (non-hydrogen) atoms. The molecule has 4 nitrogen and oxygen atoms in total. The van der Waals surface area contributed by atoms with Crippen molar-refractivity contribution >= 4 is 11.6 Å². The molecular formula is C27H33ClN4. The van der Waals surface area contributed by atoms with Crippen LogP contribution in [0, 0.1) is 6.92 Å². The molecule has 0 aliphatic rings. The van der Waals surface area contributed by atoms with Crippen molar-refractivity contribution in [1.29, 1.82) is 0 Å². The first-order valence-corrected chi connectivity index (χ1v) is 11.4. The van der Waals surface area contributed by atoms with Gasteiger partial charge in [-0.3, -0.25) is 9.36 Å². The third kappa shape index (κ3) is 5.31. The maximum Gasteiger partial charge on any atom is 0.0682 e. The van der Waals surface area contributed by atoms with Crippen molar-refractivity contribution in [3.8, 4) is 22.5 Å². The first kappa shape index (κ1) is 23.8. The lowest BCUT2D eigenvalue weighted by atomic mass is 9.94. The van der Waals surface area contributed by atoms with Crippen molar-refractivity contribution in [3.05, 3.63) is 82.6 Å². The lowest BCUT2D eigenvalue weighted by Crippen LogP contribution is -1.98. The van der Waals surface area contributed by atoms with E-state index in [0.717, 1.165) is 10.7 Å². The lowest BCUT2D eigenvalue weighted by Gasteiger charge is -2.13. The fourth-order valence-electron chi connectivity index (χ4n) is 3.93. The van der Waals surface area contributed by atoms with Gasteiger partial charge in [-0.05, 0) is 60.2 Å². The van der Waals surface area contributed by atoms with Crippen molar-refractivity contribution in [2.75, 3.05) is 0 Å². The van der Waals surface area contributed by atoms with Crippen LogP contribution < -0.4 is 0 Å². The Morgan fingerprint density at radius 1 is 0.688 bits per heavy atom. The fraction of sp³-hybridized carbons (Fsp3) is 0.333. The Morgan fingerprint density at radius 3 is 1.59 bits per heavy atom. The van der Waals surface area contributed by atoms with Crippen molar-refractivity contribution < 1.29 is 0 Å². The molecule has 168 valence electrons. The second kappa shape index (κ2) is 10.2. The normalized spacial score (nSPS) is 11.1. The molecule has 2 aromatic heterocycles. The van der Waals surface area contributed by atoms with E-state index in [-0.39, 0.29) is 0 Å². The molecule has 2 aromatic carbocycles. The van der Waals surface area contributed by atoms with Crippen LogP contribution in [0.15, 0.2) is 60.9 Å². The smallest absolute Gasteiger partial charge is 0.0682 e. The van der Waals surface area contributed by atoms with Gasteiger partial charge in [-0.1, -0.05) is 63.1 Å². The van der Waals surface area contributed by atoms with Crippen LogP contribution in [0.2, 0.25) is 5.02 Å².